The molecule has 1 aliphatic heterocycles. The summed E-state index contributed by atoms with van der Waals surface area (Å²) in [6.07, 6.45) is 0. The van der Waals surface area contributed by atoms with Crippen LogP contribution in [-0.2, 0) is 0 Å². The van der Waals surface area contributed by atoms with Gasteiger partial charge in [0.05, 0.1) is 11.4 Å². The van der Waals surface area contributed by atoms with Crippen LogP contribution in [-0.4, -0.2) is 15.0 Å². The van der Waals surface area contributed by atoms with Crippen LogP contribution >= 0.6 is 0 Å². The van der Waals surface area contributed by atoms with Gasteiger partial charge < -0.3 is 9.32 Å². The molecule has 0 amide bonds. The highest BCUT2D eigenvalue weighted by molar-refractivity contribution is 6.19. The Kier molecular flexibility index (Phi) is 6.56. The van der Waals surface area contributed by atoms with Crippen molar-refractivity contribution in [1.82, 2.24) is 15.0 Å². The number of aromatic nitrogens is 3. The van der Waals surface area contributed by atoms with Crippen LogP contribution in [0.5, 0.6) is 0 Å². The van der Waals surface area contributed by atoms with Crippen molar-refractivity contribution in [3.63, 3.8) is 0 Å². The number of hydrogen-bond acceptors (Lipinski definition) is 5. The standard InChI is InChI=1S/C51H30N4O/c1-2-12-34(13-3-1)49-52-50(35-24-27-39-38-18-6-7-22-45(38)56-46(39)29-35)54-51(53-49)40-19-8-14-32-23-26-36(30-42(32)40)55-43-21-10-16-33-15-9-20-41(47(33)43)48-37-17-5-4-11-31(37)25-28-44(48)55/h1-30H. The van der Waals surface area contributed by atoms with Crippen molar-refractivity contribution >= 4 is 71.3 Å². The predicted molar refractivity (Wildman–Crippen MR) is 230 cm³/mol. The molecule has 11 aromatic rings. The smallest absolute Gasteiger partial charge is 0.164 e. The van der Waals surface area contributed by atoms with E-state index in [-0.39, 0.29) is 0 Å². The molecule has 0 saturated carbocycles. The van der Waals surface area contributed by atoms with Gasteiger partial charge in [0.15, 0.2) is 17.5 Å². The third kappa shape index (κ3) is 4.64. The van der Waals surface area contributed by atoms with Gasteiger partial charge >= 0.3 is 0 Å². The minimum atomic E-state index is 0.587. The first kappa shape index (κ1) is 30.8. The van der Waals surface area contributed by atoms with Crippen molar-refractivity contribution < 1.29 is 4.42 Å². The molecular formula is C51H30N4O. The second kappa shape index (κ2) is 11.9. The van der Waals surface area contributed by atoms with E-state index in [1.165, 1.54) is 32.7 Å². The maximum absolute atomic E-state index is 6.29. The summed E-state index contributed by atoms with van der Waals surface area (Å²) in [6, 6.07) is 64.0. The molecule has 0 saturated heterocycles. The van der Waals surface area contributed by atoms with E-state index in [1.807, 2.05) is 54.6 Å². The Morgan fingerprint density at radius 2 is 1.04 bits per heavy atom. The molecule has 0 radical (unpaired) electrons. The van der Waals surface area contributed by atoms with E-state index in [4.69, 9.17) is 19.4 Å². The minimum Gasteiger partial charge on any atom is -0.456 e. The summed E-state index contributed by atoms with van der Waals surface area (Å²) in [5, 5.41) is 9.25. The fourth-order valence-corrected chi connectivity index (χ4v) is 8.65. The van der Waals surface area contributed by atoms with Gasteiger partial charge in [-0.25, -0.2) is 15.0 Å². The van der Waals surface area contributed by atoms with Crippen LogP contribution in [0.15, 0.2) is 186 Å². The fourth-order valence-electron chi connectivity index (χ4n) is 8.65. The number of benzene rings is 9. The first-order valence-corrected chi connectivity index (χ1v) is 18.9. The van der Waals surface area contributed by atoms with E-state index in [1.54, 1.807) is 0 Å². The van der Waals surface area contributed by atoms with Gasteiger partial charge in [-0.05, 0) is 75.0 Å². The Morgan fingerprint density at radius 3 is 1.93 bits per heavy atom. The average molecular weight is 715 g/mol. The van der Waals surface area contributed by atoms with Crippen LogP contribution in [0, 0.1) is 0 Å². The zero-order valence-corrected chi connectivity index (χ0v) is 30.0. The lowest BCUT2D eigenvalue weighted by atomic mass is 9.87. The third-order valence-electron chi connectivity index (χ3n) is 11.2. The van der Waals surface area contributed by atoms with Crippen LogP contribution in [0.3, 0.4) is 0 Å². The lowest BCUT2D eigenvalue weighted by molar-refractivity contribution is 0.669. The molecule has 5 heteroatoms. The van der Waals surface area contributed by atoms with Crippen molar-refractivity contribution in [2.45, 2.75) is 0 Å². The molecule has 3 heterocycles. The number of fused-ring (bicyclic) bond motifs is 8. The molecule has 1 aliphatic rings. The SMILES string of the molecule is c1ccc(-c2nc(-c3ccc4c(c3)oc3ccccc34)nc(-c3cccc4ccc(N5c6ccc7ccccc7c6-c6cccc7cccc5c67)cc34)n2)cc1. The highest BCUT2D eigenvalue weighted by Gasteiger charge is 2.28. The molecule has 0 unspecified atom stereocenters. The molecule has 0 aliphatic carbocycles. The zero-order valence-electron chi connectivity index (χ0n) is 30.0. The van der Waals surface area contributed by atoms with Gasteiger partial charge in [-0.3, -0.25) is 0 Å². The highest BCUT2D eigenvalue weighted by atomic mass is 16.3. The molecule has 12 rings (SSSR count). The van der Waals surface area contributed by atoms with Gasteiger partial charge in [-0.2, -0.15) is 0 Å². The van der Waals surface area contributed by atoms with E-state index in [0.717, 1.165) is 66.5 Å². The highest BCUT2D eigenvalue weighted by Crippen LogP contribution is 2.53. The molecule has 0 spiro atoms. The number of para-hydroxylation sites is 1. The molecule has 0 fully saturated rings. The molecule has 9 aromatic carbocycles. The molecule has 260 valence electrons. The van der Waals surface area contributed by atoms with Crippen LogP contribution in [0.1, 0.15) is 0 Å². The van der Waals surface area contributed by atoms with Crippen molar-refractivity contribution in [2.24, 2.45) is 0 Å². The van der Waals surface area contributed by atoms with Crippen molar-refractivity contribution in [3.05, 3.63) is 182 Å². The summed E-state index contributed by atoms with van der Waals surface area (Å²) in [7, 11) is 0. The second-order valence-corrected chi connectivity index (χ2v) is 14.4. The third-order valence-corrected chi connectivity index (χ3v) is 11.2. The van der Waals surface area contributed by atoms with Gasteiger partial charge in [0.2, 0.25) is 0 Å². The van der Waals surface area contributed by atoms with Crippen molar-refractivity contribution in [2.75, 3.05) is 4.90 Å². The van der Waals surface area contributed by atoms with Crippen molar-refractivity contribution in [1.29, 1.82) is 0 Å². The Morgan fingerprint density at radius 1 is 0.375 bits per heavy atom. The Hall–Kier alpha value is -7.63. The number of hydrogen-bond donors (Lipinski definition) is 0. The predicted octanol–water partition coefficient (Wildman–Crippen LogP) is 13.7. The summed E-state index contributed by atoms with van der Waals surface area (Å²) in [5.74, 6) is 1.81. The lowest BCUT2D eigenvalue weighted by Crippen LogP contribution is -2.15. The van der Waals surface area contributed by atoms with E-state index in [0.29, 0.717) is 17.5 Å². The van der Waals surface area contributed by atoms with Crippen molar-refractivity contribution in [3.8, 4) is 45.3 Å². The molecule has 5 nitrogen and oxygen atoms in total. The summed E-state index contributed by atoms with van der Waals surface area (Å²) < 4.78 is 6.29. The summed E-state index contributed by atoms with van der Waals surface area (Å²) in [4.78, 5) is 17.8. The first-order chi connectivity index (χ1) is 27.7. The largest absolute Gasteiger partial charge is 0.456 e. The fraction of sp³-hybridized carbons (Fsp3) is 0. The van der Waals surface area contributed by atoms with E-state index >= 15 is 0 Å². The topological polar surface area (TPSA) is 55.1 Å². The van der Waals surface area contributed by atoms with E-state index < -0.39 is 0 Å². The Balaban J connectivity index is 1.08. The molecule has 0 atom stereocenters. The maximum Gasteiger partial charge on any atom is 0.164 e. The maximum atomic E-state index is 6.29. The number of nitrogens with zero attached hydrogens (tertiary/aromatic N) is 4. The lowest BCUT2D eigenvalue weighted by Gasteiger charge is -2.34. The Bertz CT molecular complexity index is 3380. The summed E-state index contributed by atoms with van der Waals surface area (Å²) in [6.45, 7) is 0. The molecule has 0 bridgehead atoms. The van der Waals surface area contributed by atoms with E-state index in [2.05, 4.69) is 132 Å². The minimum absolute atomic E-state index is 0.587. The van der Waals surface area contributed by atoms with Gasteiger partial charge in [-0.15, -0.1) is 0 Å². The van der Waals surface area contributed by atoms with Crippen LogP contribution in [0.2, 0.25) is 0 Å². The van der Waals surface area contributed by atoms with Crippen LogP contribution in [0.25, 0.3) is 99.5 Å². The molecular weight excluding hydrogens is 685 g/mol. The van der Waals surface area contributed by atoms with Crippen LogP contribution in [0.4, 0.5) is 17.1 Å². The van der Waals surface area contributed by atoms with Gasteiger partial charge in [0.25, 0.3) is 0 Å². The average Bonchev–Trinajstić information content (AvgIpc) is 3.64. The van der Waals surface area contributed by atoms with Gasteiger partial charge in [0, 0.05) is 44.1 Å². The monoisotopic (exact) mass is 714 g/mol. The normalized spacial score (nSPS) is 12.2. The summed E-state index contributed by atoms with van der Waals surface area (Å²) in [5.41, 5.74) is 10.3. The molecule has 2 aromatic heterocycles. The second-order valence-electron chi connectivity index (χ2n) is 14.4. The summed E-state index contributed by atoms with van der Waals surface area (Å²) >= 11 is 0. The van der Waals surface area contributed by atoms with Gasteiger partial charge in [0.1, 0.15) is 11.2 Å². The number of furan rings is 1. The number of anilines is 3. The zero-order chi connectivity index (χ0) is 36.7. The quantitative estimate of drug-likeness (QED) is 0.182. The number of rotatable bonds is 4. The molecule has 0 N–H and O–H groups in total. The van der Waals surface area contributed by atoms with Crippen LogP contribution < -0.4 is 4.90 Å². The first-order valence-electron chi connectivity index (χ1n) is 18.9. The molecule has 56 heavy (non-hydrogen) atoms. The Labute approximate surface area is 321 Å². The van der Waals surface area contributed by atoms with Gasteiger partial charge in [-0.1, -0.05) is 140 Å². The van der Waals surface area contributed by atoms with E-state index in [9.17, 15) is 0 Å².